The van der Waals surface area contributed by atoms with Crippen LogP contribution >= 0.6 is 0 Å². The molecule has 1 aromatic heterocycles. The smallest absolute Gasteiger partial charge is 0.311 e. The summed E-state index contributed by atoms with van der Waals surface area (Å²) >= 11 is 0. The van der Waals surface area contributed by atoms with Crippen molar-refractivity contribution in [3.05, 3.63) is 17.5 Å². The summed E-state index contributed by atoms with van der Waals surface area (Å²) in [5.74, 6) is -3.54. The number of fused-ring (bicyclic) bond motifs is 3. The first-order valence-corrected chi connectivity index (χ1v) is 7.25. The Morgan fingerprint density at radius 3 is 2.29 bits per heavy atom. The van der Waals surface area contributed by atoms with Gasteiger partial charge in [-0.3, -0.25) is 4.79 Å². The maximum atomic E-state index is 13.3. The van der Waals surface area contributed by atoms with Crippen LogP contribution in [0.3, 0.4) is 0 Å². The summed E-state index contributed by atoms with van der Waals surface area (Å²) in [6.07, 6.45) is 4.48. The van der Waals surface area contributed by atoms with Crippen molar-refractivity contribution in [2.45, 2.75) is 56.8 Å². The molecule has 1 heterocycles. The zero-order chi connectivity index (χ0) is 15.3. The van der Waals surface area contributed by atoms with Gasteiger partial charge in [-0.2, -0.15) is 8.78 Å². The SMILES string of the molecule is COC(=O)C12CCC(c3cc(C(C)(F)F)on3)(CC1)CC2. The molecule has 0 aromatic carbocycles. The Morgan fingerprint density at radius 2 is 1.86 bits per heavy atom. The largest absolute Gasteiger partial charge is 0.469 e. The van der Waals surface area contributed by atoms with E-state index in [2.05, 4.69) is 5.16 Å². The molecule has 1 aromatic rings. The van der Waals surface area contributed by atoms with Crippen molar-refractivity contribution in [1.29, 1.82) is 0 Å². The van der Waals surface area contributed by atoms with E-state index in [0.717, 1.165) is 45.4 Å². The summed E-state index contributed by atoms with van der Waals surface area (Å²) in [6.45, 7) is 0.805. The van der Waals surface area contributed by atoms with Gasteiger partial charge in [0.05, 0.1) is 18.2 Å². The molecule has 0 atom stereocenters. The van der Waals surface area contributed by atoms with Gasteiger partial charge in [0.25, 0.3) is 0 Å². The van der Waals surface area contributed by atoms with Crippen LogP contribution < -0.4 is 0 Å². The minimum absolute atomic E-state index is 0.142. The minimum atomic E-state index is -3.01. The second-order valence-corrected chi connectivity index (χ2v) is 6.52. The van der Waals surface area contributed by atoms with E-state index in [4.69, 9.17) is 9.26 Å². The molecular weight excluding hydrogens is 280 g/mol. The molecule has 0 N–H and O–H groups in total. The summed E-state index contributed by atoms with van der Waals surface area (Å²) in [7, 11) is 1.42. The molecule has 3 fully saturated rings. The summed E-state index contributed by atoms with van der Waals surface area (Å²) in [6, 6.07) is 1.39. The number of carbonyl (C=O) groups is 1. The zero-order valence-electron chi connectivity index (χ0n) is 12.2. The van der Waals surface area contributed by atoms with Crippen molar-refractivity contribution in [2.75, 3.05) is 7.11 Å². The lowest BCUT2D eigenvalue weighted by molar-refractivity contribution is -0.160. The lowest BCUT2D eigenvalue weighted by atomic mass is 9.53. The molecule has 3 saturated carbocycles. The minimum Gasteiger partial charge on any atom is -0.469 e. The lowest BCUT2D eigenvalue weighted by Crippen LogP contribution is -2.48. The van der Waals surface area contributed by atoms with Crippen molar-refractivity contribution in [2.24, 2.45) is 5.41 Å². The molecule has 21 heavy (non-hydrogen) atoms. The fraction of sp³-hybridized carbons (Fsp3) is 0.733. The number of nitrogens with zero attached hydrogens (tertiary/aromatic N) is 1. The average Bonchev–Trinajstić information content (AvgIpc) is 2.99. The molecule has 4 rings (SSSR count). The lowest BCUT2D eigenvalue weighted by Gasteiger charge is -2.50. The molecule has 0 spiro atoms. The first kappa shape index (κ1) is 14.5. The van der Waals surface area contributed by atoms with Gasteiger partial charge >= 0.3 is 11.9 Å². The molecule has 0 unspecified atom stereocenters. The van der Waals surface area contributed by atoms with Crippen molar-refractivity contribution < 1.29 is 22.8 Å². The zero-order valence-corrected chi connectivity index (χ0v) is 12.2. The van der Waals surface area contributed by atoms with Crippen LogP contribution in [0.1, 0.15) is 56.9 Å². The van der Waals surface area contributed by atoms with Crippen LogP contribution in [0.4, 0.5) is 8.78 Å². The predicted molar refractivity (Wildman–Crippen MR) is 69.9 cm³/mol. The number of methoxy groups -OCH3 is 1. The van der Waals surface area contributed by atoms with Crippen LogP contribution in [0.25, 0.3) is 0 Å². The van der Waals surface area contributed by atoms with Gasteiger partial charge in [0, 0.05) is 18.4 Å². The highest BCUT2D eigenvalue weighted by molar-refractivity contribution is 5.77. The van der Waals surface area contributed by atoms with Gasteiger partial charge in [0.2, 0.25) is 5.76 Å². The normalized spacial score (nSPS) is 32.2. The number of esters is 1. The number of hydrogen-bond acceptors (Lipinski definition) is 4. The Hall–Kier alpha value is -1.46. The summed E-state index contributed by atoms with van der Waals surface area (Å²) in [4.78, 5) is 12.0. The third-order valence-corrected chi connectivity index (χ3v) is 5.35. The molecule has 0 amide bonds. The Balaban J connectivity index is 1.83. The molecule has 0 aliphatic heterocycles. The van der Waals surface area contributed by atoms with Gasteiger partial charge in [-0.15, -0.1) is 0 Å². The molecule has 0 radical (unpaired) electrons. The van der Waals surface area contributed by atoms with E-state index in [1.165, 1.54) is 13.2 Å². The summed E-state index contributed by atoms with van der Waals surface area (Å²) < 4.78 is 36.3. The molecule has 0 saturated heterocycles. The quantitative estimate of drug-likeness (QED) is 0.801. The standard InChI is InChI=1S/C15H19F2NO3/c1-13(16,17)11-9-10(18-21-11)14-3-6-15(7-4-14,8-5-14)12(19)20-2/h9H,3-8H2,1-2H3. The number of aromatic nitrogens is 1. The fourth-order valence-corrected chi connectivity index (χ4v) is 3.82. The Bertz CT molecular complexity index is 537. The number of ether oxygens (including phenoxy) is 1. The van der Waals surface area contributed by atoms with E-state index in [1.807, 2.05) is 0 Å². The van der Waals surface area contributed by atoms with Gasteiger partial charge in [0.1, 0.15) is 0 Å². The van der Waals surface area contributed by atoms with Crippen molar-refractivity contribution in [1.82, 2.24) is 5.16 Å². The van der Waals surface area contributed by atoms with Crippen LogP contribution in [-0.2, 0) is 20.9 Å². The van der Waals surface area contributed by atoms with Gasteiger partial charge in [0.15, 0.2) is 0 Å². The van der Waals surface area contributed by atoms with E-state index in [1.54, 1.807) is 0 Å². The van der Waals surface area contributed by atoms with E-state index < -0.39 is 5.92 Å². The van der Waals surface area contributed by atoms with Crippen LogP contribution in [0.5, 0.6) is 0 Å². The van der Waals surface area contributed by atoms with Crippen LogP contribution in [0.2, 0.25) is 0 Å². The Kier molecular flexibility index (Phi) is 3.11. The molecule has 6 heteroatoms. The summed E-state index contributed by atoms with van der Waals surface area (Å²) in [5.41, 5.74) is 0.0118. The Morgan fingerprint density at radius 1 is 1.29 bits per heavy atom. The predicted octanol–water partition coefficient (Wildman–Crippen LogP) is 3.55. The molecule has 4 nitrogen and oxygen atoms in total. The molecule has 3 aliphatic carbocycles. The first-order chi connectivity index (χ1) is 9.81. The van der Waals surface area contributed by atoms with Gasteiger partial charge in [-0.05, 0) is 38.5 Å². The van der Waals surface area contributed by atoms with Crippen molar-refractivity contribution >= 4 is 5.97 Å². The molecule has 3 aliphatic rings. The number of hydrogen-bond donors (Lipinski definition) is 0. The molecule has 2 bridgehead atoms. The summed E-state index contributed by atoms with van der Waals surface area (Å²) in [5, 5.41) is 3.89. The van der Waals surface area contributed by atoms with Crippen LogP contribution in [0.15, 0.2) is 10.6 Å². The number of carbonyl (C=O) groups excluding carboxylic acids is 1. The van der Waals surface area contributed by atoms with Crippen molar-refractivity contribution in [3.8, 4) is 0 Å². The third-order valence-electron chi connectivity index (χ3n) is 5.35. The van der Waals surface area contributed by atoms with Gasteiger partial charge < -0.3 is 9.26 Å². The second kappa shape index (κ2) is 4.52. The van der Waals surface area contributed by atoms with Gasteiger partial charge in [-0.25, -0.2) is 0 Å². The molecule has 116 valence electrons. The van der Waals surface area contributed by atoms with Crippen LogP contribution in [0, 0.1) is 5.41 Å². The second-order valence-electron chi connectivity index (χ2n) is 6.52. The average molecular weight is 299 g/mol. The third kappa shape index (κ3) is 2.15. The Labute approximate surface area is 121 Å². The number of halogens is 2. The maximum Gasteiger partial charge on any atom is 0.311 e. The van der Waals surface area contributed by atoms with Crippen LogP contribution in [-0.4, -0.2) is 18.2 Å². The van der Waals surface area contributed by atoms with E-state index in [0.29, 0.717) is 5.69 Å². The highest BCUT2D eigenvalue weighted by Crippen LogP contribution is 2.58. The van der Waals surface area contributed by atoms with E-state index in [9.17, 15) is 13.6 Å². The highest BCUT2D eigenvalue weighted by Gasteiger charge is 2.55. The van der Waals surface area contributed by atoms with Gasteiger partial charge in [-0.1, -0.05) is 5.16 Å². The topological polar surface area (TPSA) is 52.3 Å². The first-order valence-electron chi connectivity index (χ1n) is 7.25. The molecular formula is C15H19F2NO3. The van der Waals surface area contributed by atoms with E-state index in [-0.39, 0.29) is 22.6 Å². The highest BCUT2D eigenvalue weighted by atomic mass is 19.3. The number of alkyl halides is 2. The van der Waals surface area contributed by atoms with E-state index >= 15 is 0 Å². The monoisotopic (exact) mass is 299 g/mol. The van der Waals surface area contributed by atoms with Crippen molar-refractivity contribution in [3.63, 3.8) is 0 Å². The maximum absolute atomic E-state index is 13.3. The fourth-order valence-electron chi connectivity index (χ4n) is 3.82. The number of rotatable bonds is 3.